The number of hydrogen-bond acceptors (Lipinski definition) is 2. The summed E-state index contributed by atoms with van der Waals surface area (Å²) in [5.74, 6) is -0.349. The van der Waals surface area contributed by atoms with E-state index in [4.69, 9.17) is 5.73 Å². The van der Waals surface area contributed by atoms with E-state index in [1.54, 1.807) is 0 Å². The van der Waals surface area contributed by atoms with Crippen molar-refractivity contribution >= 4 is 11.6 Å². The molecule has 82 valence electrons. The normalized spacial score (nSPS) is 10.4. The molecule has 1 amide bonds. The Bertz CT molecular complexity index is 364. The molecule has 0 bridgehead atoms. The van der Waals surface area contributed by atoms with Gasteiger partial charge < -0.3 is 11.1 Å². The van der Waals surface area contributed by atoms with Gasteiger partial charge in [-0.2, -0.15) is 0 Å². The monoisotopic (exact) mass is 210 g/mol. The third-order valence-electron chi connectivity index (χ3n) is 1.93. The Balaban J connectivity index is 2.70. The Hall–Kier alpha value is -1.58. The van der Waals surface area contributed by atoms with Gasteiger partial charge in [-0.3, -0.25) is 4.79 Å². The first kappa shape index (κ1) is 11.5. The molecule has 0 unspecified atom stereocenters. The number of rotatable bonds is 3. The average Bonchev–Trinajstić information content (AvgIpc) is 2.18. The highest BCUT2D eigenvalue weighted by atomic mass is 19.1. The van der Waals surface area contributed by atoms with E-state index in [1.807, 2.05) is 13.8 Å². The summed E-state index contributed by atoms with van der Waals surface area (Å²) in [7, 11) is 0. The van der Waals surface area contributed by atoms with Crippen LogP contribution in [0.1, 0.15) is 24.2 Å². The third-order valence-corrected chi connectivity index (χ3v) is 1.93. The summed E-state index contributed by atoms with van der Waals surface area (Å²) in [6.45, 7) is 4.59. The van der Waals surface area contributed by atoms with E-state index in [0.29, 0.717) is 18.0 Å². The van der Waals surface area contributed by atoms with Crippen LogP contribution in [0, 0.1) is 11.7 Å². The molecular formula is C11H15FN2O. The van der Waals surface area contributed by atoms with Crippen LogP contribution < -0.4 is 11.1 Å². The van der Waals surface area contributed by atoms with Crippen molar-refractivity contribution in [1.29, 1.82) is 0 Å². The molecular weight excluding hydrogens is 195 g/mol. The third kappa shape index (κ3) is 3.23. The van der Waals surface area contributed by atoms with Gasteiger partial charge in [0, 0.05) is 12.1 Å². The quantitative estimate of drug-likeness (QED) is 0.747. The number of anilines is 1. The van der Waals surface area contributed by atoms with Crippen molar-refractivity contribution in [3.8, 4) is 0 Å². The minimum Gasteiger partial charge on any atom is -0.396 e. The standard InChI is InChI=1S/C11H15FN2O/c1-7(2)6-14-11(15)8-3-4-9(12)10(13)5-8/h3-5,7H,6,13H2,1-2H3,(H,14,15). The Morgan fingerprint density at radius 3 is 2.73 bits per heavy atom. The number of hydrogen-bond donors (Lipinski definition) is 2. The number of carbonyl (C=O) groups is 1. The second-order valence-corrected chi connectivity index (χ2v) is 3.84. The number of carbonyl (C=O) groups excluding carboxylic acids is 1. The zero-order valence-corrected chi connectivity index (χ0v) is 8.88. The fourth-order valence-corrected chi connectivity index (χ4v) is 1.08. The maximum atomic E-state index is 12.8. The molecule has 0 atom stereocenters. The van der Waals surface area contributed by atoms with Crippen molar-refractivity contribution in [2.24, 2.45) is 5.92 Å². The fraction of sp³-hybridized carbons (Fsp3) is 0.364. The largest absolute Gasteiger partial charge is 0.396 e. The Morgan fingerprint density at radius 1 is 1.53 bits per heavy atom. The van der Waals surface area contributed by atoms with Gasteiger partial charge in [0.05, 0.1) is 5.69 Å². The predicted octanol–water partition coefficient (Wildman–Crippen LogP) is 1.79. The van der Waals surface area contributed by atoms with Crippen LogP contribution in [0.15, 0.2) is 18.2 Å². The van der Waals surface area contributed by atoms with E-state index in [1.165, 1.54) is 18.2 Å². The molecule has 0 saturated heterocycles. The first-order valence-electron chi connectivity index (χ1n) is 4.84. The lowest BCUT2D eigenvalue weighted by Crippen LogP contribution is -2.27. The molecule has 4 heteroatoms. The number of nitrogens with two attached hydrogens (primary N) is 1. The summed E-state index contributed by atoms with van der Waals surface area (Å²) in [4.78, 5) is 11.5. The minimum absolute atomic E-state index is 0.00723. The molecule has 0 aliphatic rings. The minimum atomic E-state index is -0.504. The summed E-state index contributed by atoms with van der Waals surface area (Å²) < 4.78 is 12.8. The maximum Gasteiger partial charge on any atom is 0.251 e. The summed E-state index contributed by atoms with van der Waals surface area (Å²) in [6.07, 6.45) is 0. The lowest BCUT2D eigenvalue weighted by atomic mass is 10.1. The van der Waals surface area contributed by atoms with E-state index >= 15 is 0 Å². The molecule has 0 aromatic heterocycles. The van der Waals surface area contributed by atoms with Gasteiger partial charge in [-0.15, -0.1) is 0 Å². The molecule has 15 heavy (non-hydrogen) atoms. The van der Waals surface area contributed by atoms with Crippen LogP contribution in [0.2, 0.25) is 0 Å². The molecule has 0 aliphatic heterocycles. The van der Waals surface area contributed by atoms with Gasteiger partial charge >= 0.3 is 0 Å². The van der Waals surface area contributed by atoms with Crippen LogP contribution in [0.25, 0.3) is 0 Å². The highest BCUT2D eigenvalue weighted by molar-refractivity contribution is 5.95. The van der Waals surface area contributed by atoms with Gasteiger partial charge in [-0.25, -0.2) is 4.39 Å². The van der Waals surface area contributed by atoms with Crippen molar-refractivity contribution in [1.82, 2.24) is 5.32 Å². The highest BCUT2D eigenvalue weighted by Gasteiger charge is 2.07. The summed E-state index contributed by atoms with van der Waals surface area (Å²) >= 11 is 0. The molecule has 0 radical (unpaired) electrons. The summed E-state index contributed by atoms with van der Waals surface area (Å²) in [5, 5.41) is 2.73. The average molecular weight is 210 g/mol. The molecule has 0 fully saturated rings. The maximum absolute atomic E-state index is 12.8. The summed E-state index contributed by atoms with van der Waals surface area (Å²) in [5.41, 5.74) is 5.74. The zero-order chi connectivity index (χ0) is 11.4. The Kier molecular flexibility index (Phi) is 3.66. The first-order chi connectivity index (χ1) is 7.00. The van der Waals surface area contributed by atoms with Gasteiger partial charge in [0.15, 0.2) is 0 Å². The van der Waals surface area contributed by atoms with Crippen LogP contribution in [0.5, 0.6) is 0 Å². The molecule has 3 nitrogen and oxygen atoms in total. The lowest BCUT2D eigenvalue weighted by Gasteiger charge is -2.08. The van der Waals surface area contributed by atoms with Crippen molar-refractivity contribution in [3.05, 3.63) is 29.6 Å². The molecule has 0 aliphatic carbocycles. The molecule has 1 rings (SSSR count). The zero-order valence-electron chi connectivity index (χ0n) is 8.88. The highest BCUT2D eigenvalue weighted by Crippen LogP contribution is 2.12. The van der Waals surface area contributed by atoms with Crippen molar-refractivity contribution in [3.63, 3.8) is 0 Å². The smallest absolute Gasteiger partial charge is 0.251 e. The van der Waals surface area contributed by atoms with Crippen molar-refractivity contribution in [2.45, 2.75) is 13.8 Å². The van der Waals surface area contributed by atoms with E-state index in [2.05, 4.69) is 5.32 Å². The molecule has 3 N–H and O–H groups in total. The van der Waals surface area contributed by atoms with Crippen LogP contribution in [0.3, 0.4) is 0 Å². The van der Waals surface area contributed by atoms with E-state index in [9.17, 15) is 9.18 Å². The Morgan fingerprint density at radius 2 is 2.20 bits per heavy atom. The topological polar surface area (TPSA) is 55.1 Å². The van der Waals surface area contributed by atoms with E-state index in [0.717, 1.165) is 0 Å². The predicted molar refractivity (Wildman–Crippen MR) is 58.0 cm³/mol. The van der Waals surface area contributed by atoms with Crippen LogP contribution in [0.4, 0.5) is 10.1 Å². The second-order valence-electron chi connectivity index (χ2n) is 3.84. The molecule has 1 aromatic carbocycles. The number of halogens is 1. The van der Waals surface area contributed by atoms with Crippen molar-refractivity contribution in [2.75, 3.05) is 12.3 Å². The van der Waals surface area contributed by atoms with E-state index in [-0.39, 0.29) is 11.6 Å². The fourth-order valence-electron chi connectivity index (χ4n) is 1.08. The SMILES string of the molecule is CC(C)CNC(=O)c1ccc(F)c(N)c1. The molecule has 0 saturated carbocycles. The summed E-state index contributed by atoms with van der Waals surface area (Å²) in [6, 6.07) is 3.95. The Labute approximate surface area is 88.5 Å². The van der Waals surface area contributed by atoms with Gasteiger partial charge in [0.2, 0.25) is 0 Å². The molecule has 1 aromatic rings. The number of nitrogen functional groups attached to an aromatic ring is 1. The van der Waals surface area contributed by atoms with Crippen molar-refractivity contribution < 1.29 is 9.18 Å². The van der Waals surface area contributed by atoms with Crippen LogP contribution in [-0.4, -0.2) is 12.5 Å². The lowest BCUT2D eigenvalue weighted by molar-refractivity contribution is 0.0949. The second kappa shape index (κ2) is 4.77. The van der Waals surface area contributed by atoms with Gasteiger partial charge in [-0.1, -0.05) is 13.8 Å². The first-order valence-corrected chi connectivity index (χ1v) is 4.84. The van der Waals surface area contributed by atoms with Gasteiger partial charge in [-0.05, 0) is 24.1 Å². The van der Waals surface area contributed by atoms with Gasteiger partial charge in [0.25, 0.3) is 5.91 Å². The number of benzene rings is 1. The molecule has 0 heterocycles. The molecule has 0 spiro atoms. The van der Waals surface area contributed by atoms with Gasteiger partial charge in [0.1, 0.15) is 5.82 Å². The van der Waals surface area contributed by atoms with Crippen LogP contribution >= 0.6 is 0 Å². The van der Waals surface area contributed by atoms with E-state index < -0.39 is 5.82 Å². The number of nitrogens with one attached hydrogen (secondary N) is 1. The van der Waals surface area contributed by atoms with Crippen LogP contribution in [-0.2, 0) is 0 Å². The number of amides is 1.